The summed E-state index contributed by atoms with van der Waals surface area (Å²) in [7, 11) is 1.43. The molecular formula is C21H12ClFN4O2. The van der Waals surface area contributed by atoms with Crippen molar-refractivity contribution in [1.82, 2.24) is 19.7 Å². The topological polar surface area (TPSA) is 68.1 Å². The van der Waals surface area contributed by atoms with E-state index in [1.165, 1.54) is 25.4 Å². The number of fused-ring (bicyclic) bond motifs is 3. The maximum absolute atomic E-state index is 13.5. The van der Waals surface area contributed by atoms with Crippen molar-refractivity contribution in [3.63, 3.8) is 0 Å². The van der Waals surface area contributed by atoms with Gasteiger partial charge < -0.3 is 0 Å². The minimum atomic E-state index is -0.420. The van der Waals surface area contributed by atoms with Crippen LogP contribution in [0.1, 0.15) is 20.7 Å². The normalized spacial score (nSPS) is 13.4. The van der Waals surface area contributed by atoms with E-state index in [2.05, 4.69) is 10.1 Å². The first-order valence-corrected chi connectivity index (χ1v) is 9.09. The van der Waals surface area contributed by atoms with E-state index >= 15 is 0 Å². The van der Waals surface area contributed by atoms with Crippen LogP contribution in [0, 0.1) is 5.82 Å². The van der Waals surface area contributed by atoms with Gasteiger partial charge in [0.2, 0.25) is 0 Å². The third-order valence-electron chi connectivity index (χ3n) is 4.94. The van der Waals surface area contributed by atoms with Gasteiger partial charge in [0.15, 0.2) is 5.65 Å². The second kappa shape index (κ2) is 6.22. The summed E-state index contributed by atoms with van der Waals surface area (Å²) >= 11 is 5.99. The van der Waals surface area contributed by atoms with Crippen molar-refractivity contribution in [2.75, 3.05) is 7.05 Å². The molecule has 29 heavy (non-hydrogen) atoms. The Morgan fingerprint density at radius 2 is 1.66 bits per heavy atom. The highest BCUT2D eigenvalue weighted by Gasteiger charge is 2.37. The van der Waals surface area contributed by atoms with Crippen LogP contribution in [0.25, 0.3) is 28.0 Å². The molecule has 1 aliphatic rings. The molecule has 4 aromatic rings. The van der Waals surface area contributed by atoms with Crippen molar-refractivity contribution in [1.29, 1.82) is 0 Å². The van der Waals surface area contributed by atoms with Crippen LogP contribution in [-0.4, -0.2) is 38.5 Å². The van der Waals surface area contributed by atoms with Crippen molar-refractivity contribution in [2.24, 2.45) is 0 Å². The highest BCUT2D eigenvalue weighted by Crippen LogP contribution is 2.36. The van der Waals surface area contributed by atoms with Gasteiger partial charge >= 0.3 is 0 Å². The minimum absolute atomic E-state index is 0.226. The van der Waals surface area contributed by atoms with Gasteiger partial charge in [-0.2, -0.15) is 5.10 Å². The average Bonchev–Trinajstić information content (AvgIpc) is 3.21. The molecule has 0 radical (unpaired) electrons. The summed E-state index contributed by atoms with van der Waals surface area (Å²) in [5.74, 6) is -1.22. The lowest BCUT2D eigenvalue weighted by Crippen LogP contribution is -2.24. The van der Waals surface area contributed by atoms with Crippen molar-refractivity contribution >= 4 is 34.4 Å². The van der Waals surface area contributed by atoms with Gasteiger partial charge in [-0.25, -0.2) is 14.1 Å². The molecule has 3 heterocycles. The third kappa shape index (κ3) is 2.55. The Morgan fingerprint density at radius 1 is 0.966 bits per heavy atom. The van der Waals surface area contributed by atoms with Crippen molar-refractivity contribution in [3.8, 4) is 16.9 Å². The quantitative estimate of drug-likeness (QED) is 0.470. The van der Waals surface area contributed by atoms with Gasteiger partial charge in [-0.05, 0) is 48.5 Å². The zero-order chi connectivity index (χ0) is 20.3. The summed E-state index contributed by atoms with van der Waals surface area (Å²) in [6, 6.07) is 12.8. The Balaban J connectivity index is 1.88. The Kier molecular flexibility index (Phi) is 3.75. The Hall–Kier alpha value is -3.58. The number of halogens is 2. The molecule has 2 aromatic carbocycles. The molecule has 142 valence electrons. The SMILES string of the molecule is CN1C(=O)c2cnc3c(c(-c4ccc(F)cc4)nn3-c3ccc(Cl)cc3)c2C1=O. The number of hydrogen-bond acceptors (Lipinski definition) is 4. The van der Waals surface area contributed by atoms with E-state index in [0.29, 0.717) is 33.0 Å². The zero-order valence-electron chi connectivity index (χ0n) is 15.1. The fourth-order valence-corrected chi connectivity index (χ4v) is 3.61. The minimum Gasteiger partial charge on any atom is -0.277 e. The molecule has 0 atom stereocenters. The van der Waals surface area contributed by atoms with Crippen LogP contribution in [-0.2, 0) is 0 Å². The van der Waals surface area contributed by atoms with Crippen LogP contribution in [0.2, 0.25) is 5.02 Å². The van der Waals surface area contributed by atoms with Gasteiger partial charge in [0.25, 0.3) is 11.8 Å². The molecule has 0 aliphatic carbocycles. The first-order chi connectivity index (χ1) is 14.0. The highest BCUT2D eigenvalue weighted by molar-refractivity contribution is 6.30. The predicted octanol–water partition coefficient (Wildman–Crippen LogP) is 4.11. The highest BCUT2D eigenvalue weighted by atomic mass is 35.5. The number of hydrogen-bond donors (Lipinski definition) is 0. The molecular weight excluding hydrogens is 395 g/mol. The Labute approximate surface area is 169 Å². The van der Waals surface area contributed by atoms with Gasteiger partial charge in [0, 0.05) is 23.8 Å². The van der Waals surface area contributed by atoms with Crippen molar-refractivity contribution in [2.45, 2.75) is 0 Å². The van der Waals surface area contributed by atoms with Gasteiger partial charge in [0.1, 0.15) is 11.5 Å². The number of imide groups is 1. The summed E-state index contributed by atoms with van der Waals surface area (Å²) < 4.78 is 15.0. The lowest BCUT2D eigenvalue weighted by atomic mass is 10.0. The molecule has 0 saturated heterocycles. The molecule has 0 spiro atoms. The number of rotatable bonds is 2. The second-order valence-corrected chi connectivity index (χ2v) is 7.09. The molecule has 2 amide bonds. The Bertz CT molecular complexity index is 1310. The molecule has 8 heteroatoms. The first kappa shape index (κ1) is 17.5. The molecule has 0 fully saturated rings. The number of aromatic nitrogens is 3. The number of amides is 2. The fraction of sp³-hybridized carbons (Fsp3) is 0.0476. The number of pyridine rings is 1. The lowest BCUT2D eigenvalue weighted by molar-refractivity contribution is 0.0693. The van der Waals surface area contributed by atoms with Crippen LogP contribution in [0.4, 0.5) is 4.39 Å². The number of benzene rings is 2. The average molecular weight is 407 g/mol. The lowest BCUT2D eigenvalue weighted by Gasteiger charge is -2.04. The molecule has 1 aliphatic heterocycles. The second-order valence-electron chi connectivity index (χ2n) is 6.66. The monoisotopic (exact) mass is 406 g/mol. The van der Waals surface area contributed by atoms with Gasteiger partial charge in [-0.3, -0.25) is 14.5 Å². The predicted molar refractivity (Wildman–Crippen MR) is 106 cm³/mol. The van der Waals surface area contributed by atoms with E-state index in [-0.39, 0.29) is 16.9 Å². The van der Waals surface area contributed by atoms with Crippen molar-refractivity contribution in [3.05, 3.63) is 76.7 Å². The summed E-state index contributed by atoms with van der Waals surface area (Å²) in [4.78, 5) is 30.7. The van der Waals surface area contributed by atoms with Crippen molar-refractivity contribution < 1.29 is 14.0 Å². The van der Waals surface area contributed by atoms with Crippen LogP contribution >= 0.6 is 11.6 Å². The van der Waals surface area contributed by atoms with E-state index in [1.807, 2.05) is 0 Å². The molecule has 6 nitrogen and oxygen atoms in total. The molecule has 0 unspecified atom stereocenters. The number of carbonyl (C=O) groups is 2. The maximum Gasteiger partial charge on any atom is 0.262 e. The number of carbonyl (C=O) groups excluding carboxylic acids is 2. The summed E-state index contributed by atoms with van der Waals surface area (Å²) in [5.41, 5.74) is 2.63. The standard InChI is InChI=1S/C21H12ClFN4O2/c1-26-20(28)15-10-24-19-17(16(15)21(26)29)18(11-2-6-13(23)7-3-11)25-27(19)14-8-4-12(22)5-9-14/h2-10H,1H3. The molecule has 5 rings (SSSR count). The van der Waals surface area contributed by atoms with E-state index in [1.54, 1.807) is 41.1 Å². The first-order valence-electron chi connectivity index (χ1n) is 8.71. The summed E-state index contributed by atoms with van der Waals surface area (Å²) in [6.45, 7) is 0. The number of nitrogens with zero attached hydrogens (tertiary/aromatic N) is 4. The third-order valence-corrected chi connectivity index (χ3v) is 5.19. The van der Waals surface area contributed by atoms with E-state index in [9.17, 15) is 14.0 Å². The zero-order valence-corrected chi connectivity index (χ0v) is 15.8. The fourth-order valence-electron chi connectivity index (χ4n) is 3.48. The molecule has 0 N–H and O–H groups in total. The molecule has 2 aromatic heterocycles. The summed E-state index contributed by atoms with van der Waals surface area (Å²) in [6.07, 6.45) is 1.39. The van der Waals surface area contributed by atoms with Crippen LogP contribution < -0.4 is 0 Å². The maximum atomic E-state index is 13.5. The van der Waals surface area contributed by atoms with Gasteiger partial charge in [0.05, 0.1) is 22.2 Å². The summed E-state index contributed by atoms with van der Waals surface area (Å²) in [5, 5.41) is 5.68. The molecule has 0 saturated carbocycles. The van der Waals surface area contributed by atoms with E-state index < -0.39 is 11.8 Å². The van der Waals surface area contributed by atoms with Crippen LogP contribution in [0.5, 0.6) is 0 Å². The largest absolute Gasteiger partial charge is 0.277 e. The van der Waals surface area contributed by atoms with E-state index in [0.717, 1.165) is 4.90 Å². The van der Waals surface area contributed by atoms with Gasteiger partial charge in [-0.15, -0.1) is 0 Å². The Morgan fingerprint density at radius 3 is 2.34 bits per heavy atom. The van der Waals surface area contributed by atoms with Crippen LogP contribution in [0.15, 0.2) is 54.7 Å². The van der Waals surface area contributed by atoms with E-state index in [4.69, 9.17) is 11.6 Å². The smallest absolute Gasteiger partial charge is 0.262 e. The van der Waals surface area contributed by atoms with Gasteiger partial charge in [-0.1, -0.05) is 11.6 Å². The molecule has 0 bridgehead atoms. The van der Waals surface area contributed by atoms with Crippen LogP contribution in [0.3, 0.4) is 0 Å².